The van der Waals surface area contributed by atoms with Crippen LogP contribution in [0.2, 0.25) is 0 Å². The number of carbonyl (C=O) groups is 1. The van der Waals surface area contributed by atoms with Gasteiger partial charge in [0.25, 0.3) is 0 Å². The molecule has 3 aromatic rings. The van der Waals surface area contributed by atoms with E-state index in [0.717, 1.165) is 16.3 Å². The summed E-state index contributed by atoms with van der Waals surface area (Å²) in [4.78, 5) is 13.2. The van der Waals surface area contributed by atoms with Crippen LogP contribution < -0.4 is 5.73 Å². The molecule has 0 fully saturated rings. The van der Waals surface area contributed by atoms with Crippen molar-refractivity contribution in [1.82, 2.24) is 4.57 Å². The normalized spacial score (nSPS) is 10.4. The largest absolute Gasteiger partial charge is 0.464 e. The number of anilines is 1. The molecule has 0 spiro atoms. The van der Waals surface area contributed by atoms with Crippen LogP contribution in [0.25, 0.3) is 5.69 Å². The molecular weight excluding hydrogens is 358 g/mol. The molecule has 0 unspecified atom stereocenters. The van der Waals surface area contributed by atoms with Crippen LogP contribution in [-0.2, 0) is 10.5 Å². The standard InChI is InChI=1S/C21H19N3O2S/c1-14-7-9-15(10-8-14)13-27-18-6-4-3-5-17(18)24-12-16(11-22)19(23)20(24)21(25)26-2/h3-10,12H,13,23H2,1-2H3. The van der Waals surface area contributed by atoms with Crippen LogP contribution in [-0.4, -0.2) is 17.6 Å². The summed E-state index contributed by atoms with van der Waals surface area (Å²) in [5.74, 6) is 0.208. The minimum atomic E-state index is -0.577. The number of carbonyl (C=O) groups excluding carboxylic acids is 1. The Balaban J connectivity index is 2.00. The second-order valence-corrected chi connectivity index (χ2v) is 7.04. The number of esters is 1. The van der Waals surface area contributed by atoms with Crippen molar-refractivity contribution in [1.29, 1.82) is 5.26 Å². The fourth-order valence-electron chi connectivity index (χ4n) is 2.73. The van der Waals surface area contributed by atoms with Crippen LogP contribution >= 0.6 is 11.8 Å². The van der Waals surface area contributed by atoms with Crippen molar-refractivity contribution in [3.63, 3.8) is 0 Å². The Morgan fingerprint density at radius 2 is 1.93 bits per heavy atom. The van der Waals surface area contributed by atoms with Gasteiger partial charge in [-0.1, -0.05) is 42.0 Å². The van der Waals surface area contributed by atoms with Crippen LogP contribution in [0.3, 0.4) is 0 Å². The van der Waals surface area contributed by atoms with Gasteiger partial charge >= 0.3 is 5.97 Å². The van der Waals surface area contributed by atoms with Crippen molar-refractivity contribution < 1.29 is 9.53 Å². The summed E-state index contributed by atoms with van der Waals surface area (Å²) in [6.07, 6.45) is 1.58. The lowest BCUT2D eigenvalue weighted by Crippen LogP contribution is -2.11. The van der Waals surface area contributed by atoms with E-state index in [1.807, 2.05) is 30.3 Å². The Bertz CT molecular complexity index is 1020. The van der Waals surface area contributed by atoms with Crippen molar-refractivity contribution in [2.75, 3.05) is 12.8 Å². The molecule has 27 heavy (non-hydrogen) atoms. The molecule has 1 aromatic heterocycles. The second kappa shape index (κ2) is 8.02. The number of benzene rings is 2. The number of aryl methyl sites for hydroxylation is 1. The molecule has 0 bridgehead atoms. The number of thioether (sulfide) groups is 1. The maximum Gasteiger partial charge on any atom is 0.357 e. The van der Waals surface area contributed by atoms with Crippen molar-refractivity contribution in [3.05, 3.63) is 77.1 Å². The molecule has 0 saturated heterocycles. The maximum atomic E-state index is 12.2. The molecule has 0 aliphatic heterocycles. The van der Waals surface area contributed by atoms with E-state index >= 15 is 0 Å². The maximum absolute atomic E-state index is 12.2. The van der Waals surface area contributed by atoms with Gasteiger partial charge in [-0.3, -0.25) is 0 Å². The fourth-order valence-corrected chi connectivity index (χ4v) is 3.73. The molecule has 1 heterocycles. The first-order valence-corrected chi connectivity index (χ1v) is 9.30. The molecular formula is C21H19N3O2S. The average Bonchev–Trinajstić information content (AvgIpc) is 3.03. The number of nitriles is 1. The second-order valence-electron chi connectivity index (χ2n) is 6.02. The molecule has 0 aliphatic carbocycles. The van der Waals surface area contributed by atoms with Gasteiger partial charge in [0, 0.05) is 16.8 Å². The molecule has 0 radical (unpaired) electrons. The summed E-state index contributed by atoms with van der Waals surface area (Å²) >= 11 is 1.65. The van der Waals surface area contributed by atoms with Crippen LogP contribution in [0.5, 0.6) is 0 Å². The number of nitrogen functional groups attached to an aromatic ring is 1. The van der Waals surface area contributed by atoms with Crippen molar-refractivity contribution in [3.8, 4) is 11.8 Å². The van der Waals surface area contributed by atoms with E-state index in [9.17, 15) is 10.1 Å². The zero-order chi connectivity index (χ0) is 19.4. The van der Waals surface area contributed by atoms with Gasteiger partial charge in [-0.15, -0.1) is 11.8 Å². The topological polar surface area (TPSA) is 81.0 Å². The highest BCUT2D eigenvalue weighted by molar-refractivity contribution is 7.98. The molecule has 0 saturated carbocycles. The molecule has 3 rings (SSSR count). The van der Waals surface area contributed by atoms with Crippen LogP contribution in [0.15, 0.2) is 59.6 Å². The number of aromatic nitrogens is 1. The van der Waals surface area contributed by atoms with Crippen molar-refractivity contribution in [2.24, 2.45) is 0 Å². The SMILES string of the molecule is COC(=O)c1c(N)c(C#N)cn1-c1ccccc1SCc1ccc(C)cc1. The predicted octanol–water partition coefficient (Wildman–Crippen LogP) is 4.32. The number of rotatable bonds is 5. The van der Waals surface area contributed by atoms with Gasteiger partial charge in [0.1, 0.15) is 6.07 Å². The third-order valence-corrected chi connectivity index (χ3v) is 5.32. The summed E-state index contributed by atoms with van der Waals surface area (Å²) in [7, 11) is 1.29. The number of hydrogen-bond donors (Lipinski definition) is 1. The molecule has 2 aromatic carbocycles. The third-order valence-electron chi connectivity index (χ3n) is 4.18. The third kappa shape index (κ3) is 3.83. The van der Waals surface area contributed by atoms with Gasteiger partial charge < -0.3 is 15.0 Å². The molecule has 136 valence electrons. The fraction of sp³-hybridized carbons (Fsp3) is 0.143. The van der Waals surface area contributed by atoms with E-state index in [-0.39, 0.29) is 16.9 Å². The number of hydrogen-bond acceptors (Lipinski definition) is 5. The van der Waals surface area contributed by atoms with Gasteiger partial charge in [-0.05, 0) is 24.6 Å². The van der Waals surface area contributed by atoms with Crippen LogP contribution in [0.1, 0.15) is 27.2 Å². The van der Waals surface area contributed by atoms with Gasteiger partial charge in [0.2, 0.25) is 0 Å². The Labute approximate surface area is 162 Å². The summed E-state index contributed by atoms with van der Waals surface area (Å²) in [6, 6.07) is 18.1. The number of nitrogens with zero attached hydrogens (tertiary/aromatic N) is 2. The number of methoxy groups -OCH3 is 1. The molecule has 2 N–H and O–H groups in total. The van der Waals surface area contributed by atoms with E-state index in [1.165, 1.54) is 18.2 Å². The van der Waals surface area contributed by atoms with E-state index in [4.69, 9.17) is 10.5 Å². The zero-order valence-corrected chi connectivity index (χ0v) is 15.9. The van der Waals surface area contributed by atoms with E-state index in [1.54, 1.807) is 22.5 Å². The van der Waals surface area contributed by atoms with Gasteiger partial charge in [0.05, 0.1) is 24.0 Å². The van der Waals surface area contributed by atoms with Crippen molar-refractivity contribution in [2.45, 2.75) is 17.6 Å². The molecule has 5 nitrogen and oxygen atoms in total. The smallest absolute Gasteiger partial charge is 0.357 e. The Kier molecular flexibility index (Phi) is 5.53. The van der Waals surface area contributed by atoms with E-state index < -0.39 is 5.97 Å². The lowest BCUT2D eigenvalue weighted by molar-refractivity contribution is 0.0593. The Hall–Kier alpha value is -3.17. The number of ether oxygens (including phenoxy) is 1. The number of para-hydroxylation sites is 1. The predicted molar refractivity (Wildman–Crippen MR) is 107 cm³/mol. The summed E-state index contributed by atoms with van der Waals surface area (Å²) in [5, 5.41) is 9.30. The average molecular weight is 377 g/mol. The molecule has 0 atom stereocenters. The van der Waals surface area contributed by atoms with Gasteiger partial charge in [0.15, 0.2) is 5.69 Å². The first kappa shape index (κ1) is 18.6. The Morgan fingerprint density at radius 3 is 2.59 bits per heavy atom. The summed E-state index contributed by atoms with van der Waals surface area (Å²) in [6.45, 7) is 2.06. The minimum Gasteiger partial charge on any atom is -0.464 e. The van der Waals surface area contributed by atoms with Crippen molar-refractivity contribution >= 4 is 23.4 Å². The minimum absolute atomic E-state index is 0.127. The monoisotopic (exact) mass is 377 g/mol. The lowest BCUT2D eigenvalue weighted by atomic mass is 10.2. The Morgan fingerprint density at radius 1 is 1.22 bits per heavy atom. The van der Waals surface area contributed by atoms with Crippen LogP contribution in [0, 0.1) is 18.3 Å². The first-order chi connectivity index (χ1) is 13.0. The highest BCUT2D eigenvalue weighted by Gasteiger charge is 2.22. The van der Waals surface area contributed by atoms with E-state index in [2.05, 4.69) is 31.2 Å². The zero-order valence-electron chi connectivity index (χ0n) is 15.1. The first-order valence-electron chi connectivity index (χ1n) is 8.32. The van der Waals surface area contributed by atoms with E-state index in [0.29, 0.717) is 0 Å². The molecule has 0 aliphatic rings. The van der Waals surface area contributed by atoms with Gasteiger partial charge in [-0.2, -0.15) is 5.26 Å². The quantitative estimate of drug-likeness (QED) is 0.529. The molecule has 0 amide bonds. The number of nitrogens with two attached hydrogens (primary N) is 1. The van der Waals surface area contributed by atoms with Crippen LogP contribution in [0.4, 0.5) is 5.69 Å². The summed E-state index contributed by atoms with van der Waals surface area (Å²) < 4.78 is 6.50. The summed E-state index contributed by atoms with van der Waals surface area (Å²) in [5.41, 5.74) is 9.75. The highest BCUT2D eigenvalue weighted by Crippen LogP contribution is 2.32. The lowest BCUT2D eigenvalue weighted by Gasteiger charge is -2.13. The van der Waals surface area contributed by atoms with Gasteiger partial charge in [-0.25, -0.2) is 4.79 Å². The molecule has 6 heteroatoms. The highest BCUT2D eigenvalue weighted by atomic mass is 32.2.